The summed E-state index contributed by atoms with van der Waals surface area (Å²) in [5.74, 6) is 7.39. The van der Waals surface area contributed by atoms with Gasteiger partial charge in [-0.25, -0.2) is 0 Å². The van der Waals surface area contributed by atoms with E-state index in [0.29, 0.717) is 28.5 Å². The van der Waals surface area contributed by atoms with Gasteiger partial charge in [-0.15, -0.1) is 0 Å². The first-order chi connectivity index (χ1) is 15.5. The quantitative estimate of drug-likeness (QED) is 0.348. The summed E-state index contributed by atoms with van der Waals surface area (Å²) in [7, 11) is 0. The highest BCUT2D eigenvalue weighted by Crippen LogP contribution is 2.24. The van der Waals surface area contributed by atoms with Crippen molar-refractivity contribution in [3.05, 3.63) is 81.1 Å². The molecule has 1 saturated carbocycles. The van der Waals surface area contributed by atoms with Crippen molar-refractivity contribution < 1.29 is 14.2 Å². The predicted octanol–water partition coefficient (Wildman–Crippen LogP) is 5.03. The average Bonchev–Trinajstić information content (AvgIpc) is 3.49. The highest BCUT2D eigenvalue weighted by Gasteiger charge is 2.13. The number of non-ortho nitro benzene ring substituents is 1. The van der Waals surface area contributed by atoms with E-state index in [0.717, 1.165) is 11.1 Å². The summed E-state index contributed by atoms with van der Waals surface area (Å²) in [5, 5.41) is 17.6. The normalized spacial score (nSPS) is 13.4. The van der Waals surface area contributed by atoms with Crippen LogP contribution in [-0.4, -0.2) is 16.0 Å². The van der Waals surface area contributed by atoms with E-state index in [9.17, 15) is 14.9 Å². The minimum atomic E-state index is -0.454. The second-order valence-electron chi connectivity index (χ2n) is 7.95. The first-order valence-electron chi connectivity index (χ1n) is 10.6. The lowest BCUT2D eigenvalue weighted by Crippen LogP contribution is -2.22. The molecule has 1 fully saturated rings. The Balaban J connectivity index is 1.36. The molecule has 0 atom stereocenters. The van der Waals surface area contributed by atoms with E-state index in [2.05, 4.69) is 22.3 Å². The second kappa shape index (κ2) is 9.48. The van der Waals surface area contributed by atoms with Crippen LogP contribution in [0.1, 0.15) is 52.9 Å². The number of hydrogen-bond donors (Lipinski definition) is 1. The molecule has 7 heteroatoms. The molecule has 0 spiro atoms. The van der Waals surface area contributed by atoms with Gasteiger partial charge >= 0.3 is 0 Å². The van der Waals surface area contributed by atoms with Crippen LogP contribution in [0.15, 0.2) is 53.1 Å². The number of benzene rings is 2. The maximum Gasteiger partial charge on any atom is 0.269 e. The van der Waals surface area contributed by atoms with E-state index in [-0.39, 0.29) is 18.1 Å². The number of nitrogens with one attached hydrogen (secondary N) is 1. The van der Waals surface area contributed by atoms with Gasteiger partial charge in [0.25, 0.3) is 11.6 Å². The van der Waals surface area contributed by atoms with Gasteiger partial charge in [0.1, 0.15) is 5.69 Å². The molecule has 0 saturated heterocycles. The first kappa shape index (κ1) is 21.3. The summed E-state index contributed by atoms with van der Waals surface area (Å²) in [6.07, 6.45) is 4.89. The molecular formula is C25H23N3O4. The Bertz CT molecular complexity index is 1200. The van der Waals surface area contributed by atoms with Crippen molar-refractivity contribution in [2.75, 3.05) is 0 Å². The molecule has 0 radical (unpaired) electrons. The lowest BCUT2D eigenvalue weighted by Gasteiger charge is -2.05. The molecule has 2 aromatic carbocycles. The SMILES string of the molecule is Cc1cc(C(=O)NCc2cc(-c3ccc([N+](=O)[O-])cc3)no2)ccc1C#CC1CCCC1. The zero-order valence-corrected chi connectivity index (χ0v) is 17.8. The van der Waals surface area contributed by atoms with Crippen molar-refractivity contribution in [2.24, 2.45) is 5.92 Å². The number of rotatable bonds is 5. The topological polar surface area (TPSA) is 98.3 Å². The third-order valence-electron chi connectivity index (χ3n) is 5.61. The summed E-state index contributed by atoms with van der Waals surface area (Å²) >= 11 is 0. The number of carbonyl (C=O) groups is 1. The van der Waals surface area contributed by atoms with Crippen LogP contribution in [0.3, 0.4) is 0 Å². The molecule has 3 aromatic rings. The molecule has 1 aliphatic carbocycles. The summed E-state index contributed by atoms with van der Waals surface area (Å²) < 4.78 is 5.29. The molecule has 1 heterocycles. The molecule has 1 aromatic heterocycles. The minimum absolute atomic E-state index is 0.00978. The van der Waals surface area contributed by atoms with Gasteiger partial charge < -0.3 is 9.84 Å². The lowest BCUT2D eigenvalue weighted by molar-refractivity contribution is -0.384. The Hall–Kier alpha value is -3.92. The fraction of sp³-hybridized carbons (Fsp3) is 0.280. The molecule has 32 heavy (non-hydrogen) atoms. The van der Waals surface area contributed by atoms with Crippen LogP contribution in [0, 0.1) is 34.8 Å². The number of hydrogen-bond acceptors (Lipinski definition) is 5. The number of amides is 1. The number of nitrogens with zero attached hydrogens (tertiary/aromatic N) is 2. The van der Waals surface area contributed by atoms with Crippen molar-refractivity contribution >= 4 is 11.6 Å². The monoisotopic (exact) mass is 429 g/mol. The molecule has 0 aliphatic heterocycles. The third kappa shape index (κ3) is 5.03. The molecule has 0 unspecified atom stereocenters. The summed E-state index contributed by atoms with van der Waals surface area (Å²) in [6.45, 7) is 2.14. The van der Waals surface area contributed by atoms with E-state index >= 15 is 0 Å². The number of carbonyl (C=O) groups excluding carboxylic acids is 1. The van der Waals surface area contributed by atoms with Crippen LogP contribution in [-0.2, 0) is 6.54 Å². The predicted molar refractivity (Wildman–Crippen MR) is 120 cm³/mol. The molecule has 162 valence electrons. The summed E-state index contributed by atoms with van der Waals surface area (Å²) in [5.41, 5.74) is 3.74. The minimum Gasteiger partial charge on any atom is -0.359 e. The summed E-state index contributed by atoms with van der Waals surface area (Å²) in [4.78, 5) is 22.9. The molecular weight excluding hydrogens is 406 g/mol. The largest absolute Gasteiger partial charge is 0.359 e. The fourth-order valence-electron chi connectivity index (χ4n) is 3.75. The van der Waals surface area contributed by atoms with Gasteiger partial charge in [-0.3, -0.25) is 14.9 Å². The Kier molecular flexibility index (Phi) is 6.31. The fourth-order valence-corrected chi connectivity index (χ4v) is 3.75. The van der Waals surface area contributed by atoms with E-state index in [1.54, 1.807) is 24.3 Å². The maximum atomic E-state index is 12.6. The van der Waals surface area contributed by atoms with E-state index in [1.165, 1.54) is 37.8 Å². The van der Waals surface area contributed by atoms with Crippen molar-refractivity contribution in [2.45, 2.75) is 39.2 Å². The van der Waals surface area contributed by atoms with Crippen molar-refractivity contribution in [3.8, 4) is 23.1 Å². The molecule has 1 amide bonds. The standard InChI is InChI=1S/C25H23N3O4/c1-17-14-21(9-8-19(17)7-6-18-4-2-3-5-18)25(29)26-16-23-15-24(27-32-23)20-10-12-22(13-11-20)28(30)31/h8-15,18H,2-5,16H2,1H3,(H,26,29). The third-order valence-corrected chi connectivity index (χ3v) is 5.61. The van der Waals surface area contributed by atoms with Gasteiger partial charge in [-0.2, -0.15) is 0 Å². The highest BCUT2D eigenvalue weighted by molar-refractivity contribution is 5.94. The van der Waals surface area contributed by atoms with Crippen molar-refractivity contribution in [3.63, 3.8) is 0 Å². The zero-order valence-electron chi connectivity index (χ0n) is 17.8. The van der Waals surface area contributed by atoms with Gasteiger partial charge in [-0.05, 0) is 55.7 Å². The van der Waals surface area contributed by atoms with E-state index < -0.39 is 4.92 Å². The highest BCUT2D eigenvalue weighted by atomic mass is 16.6. The second-order valence-corrected chi connectivity index (χ2v) is 7.95. The average molecular weight is 429 g/mol. The molecule has 1 aliphatic rings. The van der Waals surface area contributed by atoms with Crippen LogP contribution in [0.25, 0.3) is 11.3 Å². The smallest absolute Gasteiger partial charge is 0.269 e. The Labute approximate surface area is 186 Å². The Morgan fingerprint density at radius 1 is 1.19 bits per heavy atom. The molecule has 7 nitrogen and oxygen atoms in total. The molecule has 1 N–H and O–H groups in total. The van der Waals surface area contributed by atoms with Gasteiger partial charge in [-0.1, -0.05) is 29.8 Å². The number of aryl methyl sites for hydroxylation is 1. The van der Waals surface area contributed by atoms with Gasteiger partial charge in [0.2, 0.25) is 0 Å². The summed E-state index contributed by atoms with van der Waals surface area (Å²) in [6, 6.07) is 13.3. The van der Waals surface area contributed by atoms with Crippen molar-refractivity contribution in [1.82, 2.24) is 10.5 Å². The van der Waals surface area contributed by atoms with E-state index in [1.807, 2.05) is 19.1 Å². The Morgan fingerprint density at radius 3 is 2.62 bits per heavy atom. The Morgan fingerprint density at radius 2 is 1.94 bits per heavy atom. The molecule has 4 rings (SSSR count). The zero-order chi connectivity index (χ0) is 22.5. The molecule has 0 bridgehead atoms. The van der Waals surface area contributed by atoms with Gasteiger partial charge in [0.05, 0.1) is 11.5 Å². The number of aromatic nitrogens is 1. The van der Waals surface area contributed by atoms with Crippen LogP contribution in [0.5, 0.6) is 0 Å². The van der Waals surface area contributed by atoms with Crippen LogP contribution in [0.4, 0.5) is 5.69 Å². The van der Waals surface area contributed by atoms with Crippen molar-refractivity contribution in [1.29, 1.82) is 0 Å². The first-order valence-corrected chi connectivity index (χ1v) is 10.6. The van der Waals surface area contributed by atoms with E-state index in [4.69, 9.17) is 4.52 Å². The van der Waals surface area contributed by atoms with Gasteiger partial charge in [0.15, 0.2) is 5.76 Å². The van der Waals surface area contributed by atoms with Gasteiger partial charge in [0, 0.05) is 40.8 Å². The number of nitro benzene ring substituents is 1. The van der Waals surface area contributed by atoms with Crippen LogP contribution in [0.2, 0.25) is 0 Å². The number of nitro groups is 1. The lowest BCUT2D eigenvalue weighted by atomic mass is 10.0. The maximum absolute atomic E-state index is 12.6. The van der Waals surface area contributed by atoms with Crippen LogP contribution < -0.4 is 5.32 Å². The van der Waals surface area contributed by atoms with Crippen LogP contribution >= 0.6 is 0 Å².